The molecule has 0 aliphatic carbocycles. The van der Waals surface area contributed by atoms with Gasteiger partial charge in [0.15, 0.2) is 5.79 Å². The highest BCUT2D eigenvalue weighted by Gasteiger charge is 2.52. The van der Waals surface area contributed by atoms with Gasteiger partial charge in [-0.3, -0.25) is 4.79 Å². The lowest BCUT2D eigenvalue weighted by atomic mass is 9.79. The molecule has 1 spiro atoms. The Bertz CT molecular complexity index is 1560. The number of aliphatic hydroxyl groups is 5. The maximum absolute atomic E-state index is 11.1. The number of ether oxygens (including phenoxy) is 7. The van der Waals surface area contributed by atoms with E-state index >= 15 is 0 Å². The van der Waals surface area contributed by atoms with Gasteiger partial charge < -0.3 is 74.1 Å². The second kappa shape index (κ2) is 34.2. The van der Waals surface area contributed by atoms with Crippen LogP contribution in [0.2, 0.25) is 0 Å². The Labute approximate surface area is 420 Å². The van der Waals surface area contributed by atoms with Crippen LogP contribution >= 0.6 is 0 Å². The van der Waals surface area contributed by atoms with Gasteiger partial charge in [-0.2, -0.15) is 0 Å². The molecule has 2 aromatic rings. The number of hydrogen-bond donors (Lipinski definition) is 7. The van der Waals surface area contributed by atoms with Gasteiger partial charge in [-0.25, -0.2) is 0 Å². The van der Waals surface area contributed by atoms with Gasteiger partial charge in [0.05, 0.1) is 45.2 Å². The first kappa shape index (κ1) is 64.8. The van der Waals surface area contributed by atoms with E-state index in [9.17, 15) is 19.8 Å². The SMILES string of the molecule is CC(O)c1ccc(OCC2CO2)cc1.CC1(C)CC2(CC(C)(C)N1)OCC(CO)O2.CCC.CCC(C)(C)NC.C[C@@H](O)c1ccc(OCC2CO2)cc1.O=CCCCCCCC(=O)OCC(O)CO. The number of carbonyl (C=O) groups is 2. The highest BCUT2D eigenvalue weighted by molar-refractivity contribution is 5.69. The van der Waals surface area contributed by atoms with E-state index in [0.717, 1.165) is 80.7 Å². The molecule has 0 bridgehead atoms. The van der Waals surface area contributed by atoms with Gasteiger partial charge in [-0.05, 0) is 117 Å². The summed E-state index contributed by atoms with van der Waals surface area (Å²) >= 11 is 0. The first-order valence-corrected chi connectivity index (χ1v) is 25.3. The number of carbonyl (C=O) groups excluding carboxylic acids is 2. The highest BCUT2D eigenvalue weighted by Crippen LogP contribution is 2.42. The van der Waals surface area contributed by atoms with Crippen LogP contribution in [-0.4, -0.2) is 145 Å². The Morgan fingerprint density at radius 3 is 1.59 bits per heavy atom. The predicted molar refractivity (Wildman–Crippen MR) is 273 cm³/mol. The minimum absolute atomic E-state index is 0.00784. The first-order chi connectivity index (χ1) is 33.0. The van der Waals surface area contributed by atoms with E-state index in [1.165, 1.54) is 12.8 Å². The molecule has 0 saturated carbocycles. The quantitative estimate of drug-likeness (QED) is 0.0282. The molecule has 5 unspecified atom stereocenters. The number of epoxide rings is 2. The molecular weight excluding hydrogens is 901 g/mol. The minimum atomic E-state index is -0.989. The Kier molecular flexibility index (Phi) is 31.7. The summed E-state index contributed by atoms with van der Waals surface area (Å²) in [5.74, 6) is 0.781. The Balaban J connectivity index is 0.000000439. The number of benzene rings is 2. The van der Waals surface area contributed by atoms with Crippen LogP contribution in [0.1, 0.15) is 164 Å². The van der Waals surface area contributed by atoms with Crippen LogP contribution in [0.4, 0.5) is 0 Å². The molecule has 16 heteroatoms. The summed E-state index contributed by atoms with van der Waals surface area (Å²) in [5, 5.41) is 51.9. The second-order valence-corrected chi connectivity index (χ2v) is 20.2. The van der Waals surface area contributed by atoms with E-state index in [-0.39, 0.29) is 48.6 Å². The van der Waals surface area contributed by atoms with E-state index in [2.05, 4.69) is 72.9 Å². The molecular formula is C54H94N2O14. The molecule has 0 aromatic heterocycles. The van der Waals surface area contributed by atoms with Crippen molar-refractivity contribution < 1.29 is 68.3 Å². The van der Waals surface area contributed by atoms with Crippen molar-refractivity contribution in [3.63, 3.8) is 0 Å². The fourth-order valence-electron chi connectivity index (χ4n) is 7.04. The largest absolute Gasteiger partial charge is 0.491 e. The lowest BCUT2D eigenvalue weighted by Gasteiger charge is -2.50. The summed E-state index contributed by atoms with van der Waals surface area (Å²) in [6.07, 6.45) is 7.86. The molecule has 4 saturated heterocycles. The van der Waals surface area contributed by atoms with Crippen molar-refractivity contribution in [3.05, 3.63) is 59.7 Å². The molecule has 4 aliphatic rings. The highest BCUT2D eigenvalue weighted by atomic mass is 16.7. The van der Waals surface area contributed by atoms with Crippen LogP contribution in [0.3, 0.4) is 0 Å². The number of esters is 1. The van der Waals surface area contributed by atoms with E-state index in [0.29, 0.717) is 38.2 Å². The molecule has 0 amide bonds. The number of hydrogen-bond acceptors (Lipinski definition) is 16. The van der Waals surface area contributed by atoms with Crippen molar-refractivity contribution in [3.8, 4) is 11.5 Å². The second-order valence-electron chi connectivity index (χ2n) is 20.2. The normalized spacial score (nSPS) is 21.0. The number of piperidine rings is 1. The monoisotopic (exact) mass is 995 g/mol. The zero-order chi connectivity index (χ0) is 52.8. The van der Waals surface area contributed by atoms with Crippen molar-refractivity contribution in [1.29, 1.82) is 0 Å². The van der Waals surface area contributed by atoms with Gasteiger partial charge in [-0.15, -0.1) is 0 Å². The molecule has 6 rings (SSSR count). The summed E-state index contributed by atoms with van der Waals surface area (Å²) in [6, 6.07) is 14.9. The summed E-state index contributed by atoms with van der Waals surface area (Å²) in [7, 11) is 1.99. The molecule has 4 fully saturated rings. The van der Waals surface area contributed by atoms with Crippen LogP contribution in [0, 0.1) is 0 Å². The van der Waals surface area contributed by atoms with Crippen molar-refractivity contribution in [1.82, 2.24) is 10.6 Å². The number of nitrogens with one attached hydrogen (secondary N) is 2. The van der Waals surface area contributed by atoms with Crippen LogP contribution in [0.15, 0.2) is 48.5 Å². The molecule has 404 valence electrons. The fourth-order valence-corrected chi connectivity index (χ4v) is 7.04. The molecule has 6 atom stereocenters. The van der Waals surface area contributed by atoms with Crippen LogP contribution in [0.25, 0.3) is 0 Å². The maximum atomic E-state index is 11.1. The third kappa shape index (κ3) is 30.6. The summed E-state index contributed by atoms with van der Waals surface area (Å²) < 4.78 is 37.4. The average molecular weight is 995 g/mol. The van der Waals surface area contributed by atoms with E-state index in [1.54, 1.807) is 13.8 Å². The van der Waals surface area contributed by atoms with Crippen molar-refractivity contribution in [2.24, 2.45) is 0 Å². The maximum Gasteiger partial charge on any atom is 0.305 e. The molecule has 0 radical (unpaired) electrons. The number of aliphatic hydroxyl groups excluding tert-OH is 5. The van der Waals surface area contributed by atoms with Gasteiger partial charge in [0.2, 0.25) is 0 Å². The van der Waals surface area contributed by atoms with E-state index in [1.807, 2.05) is 55.6 Å². The smallest absolute Gasteiger partial charge is 0.305 e. The summed E-state index contributed by atoms with van der Waals surface area (Å²) in [5.41, 5.74) is 2.12. The first-order valence-electron chi connectivity index (χ1n) is 25.3. The van der Waals surface area contributed by atoms with Crippen LogP contribution in [-0.2, 0) is 33.3 Å². The third-order valence-electron chi connectivity index (χ3n) is 11.3. The molecule has 70 heavy (non-hydrogen) atoms. The van der Waals surface area contributed by atoms with E-state index in [4.69, 9.17) is 48.5 Å². The lowest BCUT2D eigenvalue weighted by molar-refractivity contribution is -0.216. The topological polar surface area (TPSA) is 231 Å². The van der Waals surface area contributed by atoms with E-state index < -0.39 is 30.7 Å². The fraction of sp³-hybridized carbons (Fsp3) is 0.741. The van der Waals surface area contributed by atoms with Crippen LogP contribution in [0.5, 0.6) is 11.5 Å². The summed E-state index contributed by atoms with van der Waals surface area (Å²) in [6.45, 7) is 25.8. The van der Waals surface area contributed by atoms with Crippen molar-refractivity contribution >= 4 is 12.3 Å². The van der Waals surface area contributed by atoms with Crippen LogP contribution < -0.4 is 20.1 Å². The molecule has 4 aliphatic heterocycles. The lowest BCUT2D eigenvalue weighted by Crippen LogP contribution is -2.63. The zero-order valence-corrected chi connectivity index (χ0v) is 44.8. The molecule has 2 aromatic carbocycles. The van der Waals surface area contributed by atoms with Crippen molar-refractivity contribution in [2.75, 3.05) is 59.9 Å². The number of rotatable bonds is 21. The Hall–Kier alpha value is -3.26. The third-order valence-corrected chi connectivity index (χ3v) is 11.3. The number of aldehydes is 1. The standard InChI is InChI=1S/C12H23NO3.C11H20O5.2C11H14O3.C6H15N.C3H8/c1-10(2)7-12(8-11(3,4)13-10)15-6-9(5-14)16-12;12-7-5-3-1-2-4-6-11(15)16-9-10(14)8-13;2*1-8(12)9-2-4-10(5-3-9)13-6-11-7-14-11;1-5-6(2,3)7-4;1-3-2/h9,13-14H,5-8H2,1-4H3;7,10,13-14H,1-6,8-9H2;2*2-5,8,11-12H,6-7H2,1H3;7H,5H2,1-4H3;3H2,1-2H3/t;;8-,11?;;;/m..1.../s1. The van der Waals surface area contributed by atoms with Gasteiger partial charge in [-0.1, -0.05) is 64.3 Å². The minimum Gasteiger partial charge on any atom is -0.491 e. The molecule has 7 N–H and O–H groups in total. The van der Waals surface area contributed by atoms with Gasteiger partial charge in [0, 0.05) is 42.3 Å². The molecule has 16 nitrogen and oxygen atoms in total. The Morgan fingerprint density at radius 2 is 1.24 bits per heavy atom. The zero-order valence-electron chi connectivity index (χ0n) is 44.8. The Morgan fingerprint density at radius 1 is 0.786 bits per heavy atom. The summed E-state index contributed by atoms with van der Waals surface area (Å²) in [4.78, 5) is 21.1. The number of unbranched alkanes of at least 4 members (excludes halogenated alkanes) is 4. The van der Waals surface area contributed by atoms with Gasteiger partial charge in [0.25, 0.3) is 0 Å². The van der Waals surface area contributed by atoms with Gasteiger partial charge in [0.1, 0.15) is 62.0 Å². The average Bonchev–Trinajstić information content (AvgIpc) is 4.27. The van der Waals surface area contributed by atoms with Gasteiger partial charge >= 0.3 is 5.97 Å². The molecule has 4 heterocycles. The van der Waals surface area contributed by atoms with Crippen molar-refractivity contribution in [2.45, 2.75) is 199 Å². The predicted octanol–water partition coefficient (Wildman–Crippen LogP) is 7.30.